The van der Waals surface area contributed by atoms with Crippen LogP contribution in [-0.4, -0.2) is 38.3 Å². The van der Waals surface area contributed by atoms with Gasteiger partial charge in [0.1, 0.15) is 18.0 Å². The van der Waals surface area contributed by atoms with Gasteiger partial charge in [0.05, 0.1) is 25.2 Å². The molecule has 0 aliphatic carbocycles. The quantitative estimate of drug-likeness (QED) is 0.793. The fraction of sp³-hybridized carbons (Fsp3) is 0.474. The molecule has 0 radical (unpaired) electrons. The minimum atomic E-state index is -0.348. The van der Waals surface area contributed by atoms with Gasteiger partial charge in [-0.3, -0.25) is 0 Å². The van der Waals surface area contributed by atoms with Crippen molar-refractivity contribution in [3.63, 3.8) is 0 Å². The third-order valence-electron chi connectivity index (χ3n) is 5.09. The second-order valence-electron chi connectivity index (χ2n) is 6.84. The topological polar surface area (TPSA) is 40.2 Å². The molecule has 0 amide bonds. The minimum Gasteiger partial charge on any atom is -0.490 e. The first-order valence-corrected chi connectivity index (χ1v) is 8.10. The maximum Gasteiger partial charge on any atom is 0.165 e. The molecule has 0 spiro atoms. The standard InChI is InChI=1S/C19H22O4/c1-18(2,17-20-10-11-21-17)19(13-23-19)12-22-16-9-5-7-14-6-3-4-8-15(14)16/h3-9,17H,10-13H2,1-2H3. The van der Waals surface area contributed by atoms with Gasteiger partial charge in [0.25, 0.3) is 0 Å². The molecular weight excluding hydrogens is 292 g/mol. The Kier molecular flexibility index (Phi) is 3.56. The van der Waals surface area contributed by atoms with Crippen molar-refractivity contribution in [1.29, 1.82) is 0 Å². The highest BCUT2D eigenvalue weighted by atomic mass is 16.7. The lowest BCUT2D eigenvalue weighted by Gasteiger charge is -2.35. The lowest BCUT2D eigenvalue weighted by Crippen LogP contribution is -2.47. The molecule has 2 aromatic rings. The van der Waals surface area contributed by atoms with E-state index in [9.17, 15) is 0 Å². The van der Waals surface area contributed by atoms with Crippen molar-refractivity contribution >= 4 is 10.8 Å². The monoisotopic (exact) mass is 314 g/mol. The van der Waals surface area contributed by atoms with Crippen molar-refractivity contribution < 1.29 is 18.9 Å². The fourth-order valence-corrected chi connectivity index (χ4v) is 3.23. The van der Waals surface area contributed by atoms with Crippen LogP contribution in [0.3, 0.4) is 0 Å². The Morgan fingerprint density at radius 3 is 2.52 bits per heavy atom. The molecule has 0 N–H and O–H groups in total. The van der Waals surface area contributed by atoms with Crippen LogP contribution in [0.15, 0.2) is 42.5 Å². The highest BCUT2D eigenvalue weighted by Crippen LogP contribution is 2.49. The van der Waals surface area contributed by atoms with Gasteiger partial charge in [0, 0.05) is 5.39 Å². The van der Waals surface area contributed by atoms with E-state index in [0.29, 0.717) is 26.4 Å². The zero-order valence-corrected chi connectivity index (χ0v) is 13.6. The molecule has 4 rings (SSSR count). The van der Waals surface area contributed by atoms with Crippen LogP contribution in [0, 0.1) is 5.41 Å². The molecule has 0 bridgehead atoms. The average Bonchev–Trinajstić information content (AvgIpc) is 3.16. The maximum absolute atomic E-state index is 6.16. The van der Waals surface area contributed by atoms with E-state index >= 15 is 0 Å². The smallest absolute Gasteiger partial charge is 0.165 e. The lowest BCUT2D eigenvalue weighted by atomic mass is 9.78. The second kappa shape index (κ2) is 5.48. The molecule has 2 heterocycles. The van der Waals surface area contributed by atoms with Gasteiger partial charge in [0.2, 0.25) is 0 Å². The van der Waals surface area contributed by atoms with Crippen LogP contribution in [-0.2, 0) is 14.2 Å². The summed E-state index contributed by atoms with van der Waals surface area (Å²) in [6, 6.07) is 14.4. The van der Waals surface area contributed by atoms with E-state index in [1.807, 2.05) is 24.3 Å². The lowest BCUT2D eigenvalue weighted by molar-refractivity contribution is -0.151. The number of fused-ring (bicyclic) bond motifs is 1. The van der Waals surface area contributed by atoms with Gasteiger partial charge in [-0.1, -0.05) is 50.2 Å². The summed E-state index contributed by atoms with van der Waals surface area (Å²) >= 11 is 0. The Balaban J connectivity index is 1.54. The average molecular weight is 314 g/mol. The van der Waals surface area contributed by atoms with Crippen molar-refractivity contribution in [2.45, 2.75) is 25.7 Å². The summed E-state index contributed by atoms with van der Waals surface area (Å²) in [7, 11) is 0. The van der Waals surface area contributed by atoms with Gasteiger partial charge < -0.3 is 18.9 Å². The van der Waals surface area contributed by atoms with Crippen molar-refractivity contribution in [1.82, 2.24) is 0 Å². The molecule has 2 aliphatic rings. The van der Waals surface area contributed by atoms with Gasteiger partial charge in [-0.2, -0.15) is 0 Å². The number of benzene rings is 2. The summed E-state index contributed by atoms with van der Waals surface area (Å²) in [5.41, 5.74) is -0.604. The first kappa shape index (κ1) is 14.9. The van der Waals surface area contributed by atoms with Crippen LogP contribution in [0.25, 0.3) is 10.8 Å². The molecule has 2 fully saturated rings. The van der Waals surface area contributed by atoms with Gasteiger partial charge >= 0.3 is 0 Å². The molecular formula is C19H22O4. The van der Waals surface area contributed by atoms with E-state index in [2.05, 4.69) is 32.0 Å². The number of rotatable bonds is 5. The normalized spacial score (nSPS) is 25.0. The number of ether oxygens (including phenoxy) is 4. The summed E-state index contributed by atoms with van der Waals surface area (Å²) < 4.78 is 23.4. The molecule has 0 aromatic heterocycles. The largest absolute Gasteiger partial charge is 0.490 e. The number of hydrogen-bond acceptors (Lipinski definition) is 4. The highest BCUT2D eigenvalue weighted by Gasteiger charge is 2.62. The highest BCUT2D eigenvalue weighted by molar-refractivity contribution is 5.88. The molecule has 1 unspecified atom stereocenters. The first-order chi connectivity index (χ1) is 11.1. The molecule has 23 heavy (non-hydrogen) atoms. The summed E-state index contributed by atoms with van der Waals surface area (Å²) in [5, 5.41) is 2.30. The van der Waals surface area contributed by atoms with Crippen LogP contribution in [0.1, 0.15) is 13.8 Å². The van der Waals surface area contributed by atoms with Crippen molar-refractivity contribution in [3.05, 3.63) is 42.5 Å². The molecule has 1 atom stereocenters. The van der Waals surface area contributed by atoms with E-state index in [1.165, 1.54) is 5.39 Å². The Morgan fingerprint density at radius 1 is 1.09 bits per heavy atom. The number of epoxide rings is 1. The molecule has 0 saturated carbocycles. The summed E-state index contributed by atoms with van der Waals surface area (Å²) in [6.07, 6.45) is -0.235. The Labute approximate surface area is 136 Å². The van der Waals surface area contributed by atoms with E-state index in [0.717, 1.165) is 11.1 Å². The first-order valence-electron chi connectivity index (χ1n) is 8.10. The molecule has 4 heteroatoms. The Hall–Kier alpha value is -1.62. The van der Waals surface area contributed by atoms with Crippen molar-refractivity contribution in [2.24, 2.45) is 5.41 Å². The summed E-state index contributed by atoms with van der Waals surface area (Å²) in [6.45, 7) is 6.72. The van der Waals surface area contributed by atoms with Gasteiger partial charge in [-0.15, -0.1) is 0 Å². The molecule has 2 aromatic carbocycles. The molecule has 122 valence electrons. The second-order valence-corrected chi connectivity index (χ2v) is 6.84. The SMILES string of the molecule is CC(C)(C1OCCO1)C1(COc2cccc3ccccc23)CO1. The maximum atomic E-state index is 6.16. The predicted octanol–water partition coefficient (Wildman–Crippen LogP) is 3.39. The Morgan fingerprint density at radius 2 is 1.78 bits per heavy atom. The van der Waals surface area contributed by atoms with Crippen LogP contribution in [0.4, 0.5) is 0 Å². The Bertz CT molecular complexity index is 694. The zero-order valence-electron chi connectivity index (χ0n) is 13.6. The van der Waals surface area contributed by atoms with Crippen LogP contribution in [0.2, 0.25) is 0 Å². The van der Waals surface area contributed by atoms with E-state index in [4.69, 9.17) is 18.9 Å². The van der Waals surface area contributed by atoms with Crippen LogP contribution >= 0.6 is 0 Å². The van der Waals surface area contributed by atoms with E-state index in [1.54, 1.807) is 0 Å². The fourth-order valence-electron chi connectivity index (χ4n) is 3.23. The van der Waals surface area contributed by atoms with Gasteiger partial charge in [-0.05, 0) is 11.5 Å². The third kappa shape index (κ3) is 2.51. The number of hydrogen-bond donors (Lipinski definition) is 0. The molecule has 2 saturated heterocycles. The zero-order chi connectivity index (χ0) is 15.9. The van der Waals surface area contributed by atoms with E-state index < -0.39 is 0 Å². The van der Waals surface area contributed by atoms with Crippen LogP contribution < -0.4 is 4.74 Å². The van der Waals surface area contributed by atoms with Gasteiger partial charge in [-0.25, -0.2) is 0 Å². The van der Waals surface area contributed by atoms with Crippen LogP contribution in [0.5, 0.6) is 5.75 Å². The molecule has 4 nitrogen and oxygen atoms in total. The van der Waals surface area contributed by atoms with Crippen molar-refractivity contribution in [2.75, 3.05) is 26.4 Å². The molecule has 2 aliphatic heterocycles. The summed E-state index contributed by atoms with van der Waals surface area (Å²) in [5.74, 6) is 0.891. The van der Waals surface area contributed by atoms with Gasteiger partial charge in [0.15, 0.2) is 6.29 Å². The summed E-state index contributed by atoms with van der Waals surface area (Å²) in [4.78, 5) is 0. The van der Waals surface area contributed by atoms with E-state index in [-0.39, 0.29) is 17.3 Å². The minimum absolute atomic E-state index is 0.235. The van der Waals surface area contributed by atoms with Crippen molar-refractivity contribution in [3.8, 4) is 5.75 Å². The third-order valence-corrected chi connectivity index (χ3v) is 5.09. The predicted molar refractivity (Wildman–Crippen MR) is 87.6 cm³/mol.